The Bertz CT molecular complexity index is 401. The fourth-order valence-corrected chi connectivity index (χ4v) is 2.68. The zero-order valence-electron chi connectivity index (χ0n) is 13.3. The van der Waals surface area contributed by atoms with Gasteiger partial charge in [0.25, 0.3) is 0 Å². The van der Waals surface area contributed by atoms with Crippen molar-refractivity contribution in [2.45, 2.75) is 51.0 Å². The second-order valence-electron chi connectivity index (χ2n) is 6.08. The van der Waals surface area contributed by atoms with E-state index in [0.717, 1.165) is 25.3 Å². The van der Waals surface area contributed by atoms with Gasteiger partial charge in [0.05, 0.1) is 6.20 Å². The van der Waals surface area contributed by atoms with Crippen LogP contribution in [0.4, 0.5) is 11.8 Å². The van der Waals surface area contributed by atoms with Crippen LogP contribution in [0.2, 0.25) is 0 Å². The Kier molecular flexibility index (Phi) is 6.66. The highest BCUT2D eigenvalue weighted by Gasteiger charge is 2.12. The van der Waals surface area contributed by atoms with Gasteiger partial charge in [-0.2, -0.15) is 10.1 Å². The average molecular weight is 292 g/mol. The minimum absolute atomic E-state index is 0.533. The zero-order valence-corrected chi connectivity index (χ0v) is 13.3. The standard InChI is InChI=1S/C15H28N6/c1-21(2)11-7-10-16-15-19-14(12-17-20-15)18-13-8-5-3-4-6-9-13/h12-13H,3-11H2,1-2H3,(H2,16,18,19,20). The summed E-state index contributed by atoms with van der Waals surface area (Å²) in [5.74, 6) is 1.46. The molecule has 0 unspecified atom stereocenters. The van der Waals surface area contributed by atoms with Gasteiger partial charge >= 0.3 is 0 Å². The second kappa shape index (κ2) is 8.77. The average Bonchev–Trinajstić information content (AvgIpc) is 2.73. The van der Waals surface area contributed by atoms with Crippen molar-refractivity contribution in [3.05, 3.63) is 6.20 Å². The molecule has 1 aromatic heterocycles. The number of nitrogens with one attached hydrogen (secondary N) is 2. The van der Waals surface area contributed by atoms with Crippen LogP contribution in [0.3, 0.4) is 0 Å². The maximum atomic E-state index is 4.50. The maximum absolute atomic E-state index is 4.50. The molecule has 1 heterocycles. The molecule has 1 fully saturated rings. The van der Waals surface area contributed by atoms with E-state index in [1.54, 1.807) is 6.20 Å². The SMILES string of the molecule is CN(C)CCCNc1nncc(NC2CCCCCC2)n1. The Balaban J connectivity index is 1.79. The first-order chi connectivity index (χ1) is 10.2. The Labute approximate surface area is 127 Å². The quantitative estimate of drug-likeness (QED) is 0.594. The van der Waals surface area contributed by atoms with E-state index in [1.807, 2.05) is 0 Å². The molecule has 0 spiro atoms. The van der Waals surface area contributed by atoms with E-state index in [2.05, 4.69) is 44.8 Å². The number of aromatic nitrogens is 3. The van der Waals surface area contributed by atoms with Gasteiger partial charge in [-0.05, 0) is 39.9 Å². The summed E-state index contributed by atoms with van der Waals surface area (Å²) in [4.78, 5) is 6.68. The predicted molar refractivity (Wildman–Crippen MR) is 86.6 cm³/mol. The molecule has 0 radical (unpaired) electrons. The molecule has 1 aliphatic carbocycles. The van der Waals surface area contributed by atoms with Crippen LogP contribution in [0.5, 0.6) is 0 Å². The summed E-state index contributed by atoms with van der Waals surface area (Å²) in [5.41, 5.74) is 0. The molecule has 1 saturated carbocycles. The molecule has 0 atom stereocenters. The summed E-state index contributed by atoms with van der Waals surface area (Å²) in [6, 6.07) is 0.533. The largest absolute Gasteiger partial charge is 0.366 e. The number of hydrogen-bond donors (Lipinski definition) is 2. The van der Waals surface area contributed by atoms with Gasteiger partial charge < -0.3 is 15.5 Å². The highest BCUT2D eigenvalue weighted by Crippen LogP contribution is 2.20. The molecule has 6 heteroatoms. The number of hydrogen-bond acceptors (Lipinski definition) is 6. The van der Waals surface area contributed by atoms with Crippen LogP contribution in [0, 0.1) is 0 Å². The van der Waals surface area contributed by atoms with Gasteiger partial charge in [0, 0.05) is 12.6 Å². The summed E-state index contributed by atoms with van der Waals surface area (Å²) in [7, 11) is 4.16. The van der Waals surface area contributed by atoms with Crippen molar-refractivity contribution in [3.8, 4) is 0 Å². The smallest absolute Gasteiger partial charge is 0.244 e. The molecule has 6 nitrogen and oxygen atoms in total. The molecule has 118 valence electrons. The fraction of sp³-hybridized carbons (Fsp3) is 0.800. The Morgan fingerprint density at radius 3 is 2.67 bits per heavy atom. The van der Waals surface area contributed by atoms with E-state index in [0.29, 0.717) is 12.0 Å². The zero-order chi connectivity index (χ0) is 14.9. The van der Waals surface area contributed by atoms with Gasteiger partial charge in [-0.1, -0.05) is 25.7 Å². The van der Waals surface area contributed by atoms with Gasteiger partial charge in [-0.15, -0.1) is 5.10 Å². The summed E-state index contributed by atoms with van der Waals surface area (Å²) in [5, 5.41) is 14.8. The van der Waals surface area contributed by atoms with Gasteiger partial charge in [0.1, 0.15) is 0 Å². The molecule has 1 aromatic rings. The topological polar surface area (TPSA) is 66.0 Å². The monoisotopic (exact) mass is 292 g/mol. The number of anilines is 2. The molecule has 0 amide bonds. The molecule has 0 aromatic carbocycles. The van der Waals surface area contributed by atoms with Crippen molar-refractivity contribution in [1.29, 1.82) is 0 Å². The highest BCUT2D eigenvalue weighted by atomic mass is 15.3. The lowest BCUT2D eigenvalue weighted by Gasteiger charge is -2.16. The van der Waals surface area contributed by atoms with Gasteiger partial charge in [0.15, 0.2) is 5.82 Å². The third-order valence-electron chi connectivity index (χ3n) is 3.83. The molecule has 21 heavy (non-hydrogen) atoms. The lowest BCUT2D eigenvalue weighted by atomic mass is 10.1. The lowest BCUT2D eigenvalue weighted by molar-refractivity contribution is 0.405. The Morgan fingerprint density at radius 2 is 1.95 bits per heavy atom. The summed E-state index contributed by atoms with van der Waals surface area (Å²) in [6.07, 6.45) is 10.6. The van der Waals surface area contributed by atoms with Crippen LogP contribution in [0.15, 0.2) is 6.20 Å². The maximum Gasteiger partial charge on any atom is 0.244 e. The Morgan fingerprint density at radius 1 is 1.19 bits per heavy atom. The van der Waals surface area contributed by atoms with Gasteiger partial charge in [-0.3, -0.25) is 0 Å². The van der Waals surface area contributed by atoms with Gasteiger partial charge in [-0.25, -0.2) is 0 Å². The van der Waals surface area contributed by atoms with E-state index in [1.165, 1.54) is 38.5 Å². The third-order valence-corrected chi connectivity index (χ3v) is 3.83. The van der Waals surface area contributed by atoms with Crippen molar-refractivity contribution < 1.29 is 0 Å². The van der Waals surface area contributed by atoms with Crippen LogP contribution >= 0.6 is 0 Å². The fourth-order valence-electron chi connectivity index (χ4n) is 2.68. The summed E-state index contributed by atoms with van der Waals surface area (Å²) < 4.78 is 0. The molecule has 0 aliphatic heterocycles. The predicted octanol–water partition coefficient (Wildman–Crippen LogP) is 2.37. The molecular weight excluding hydrogens is 264 g/mol. The van der Waals surface area contributed by atoms with E-state index < -0.39 is 0 Å². The first-order valence-corrected chi connectivity index (χ1v) is 8.09. The van der Waals surface area contributed by atoms with Crippen LogP contribution in [0.1, 0.15) is 44.9 Å². The van der Waals surface area contributed by atoms with Crippen LogP contribution in [0.25, 0.3) is 0 Å². The van der Waals surface area contributed by atoms with Crippen molar-refractivity contribution in [3.63, 3.8) is 0 Å². The van der Waals surface area contributed by atoms with Crippen molar-refractivity contribution in [1.82, 2.24) is 20.1 Å². The third kappa shape index (κ3) is 6.25. The van der Waals surface area contributed by atoms with Crippen molar-refractivity contribution >= 4 is 11.8 Å². The highest BCUT2D eigenvalue weighted by molar-refractivity contribution is 5.37. The minimum atomic E-state index is 0.533. The van der Waals surface area contributed by atoms with Crippen LogP contribution < -0.4 is 10.6 Å². The van der Waals surface area contributed by atoms with Crippen molar-refractivity contribution in [2.24, 2.45) is 0 Å². The molecule has 1 aliphatic rings. The molecular formula is C15H28N6. The first-order valence-electron chi connectivity index (χ1n) is 8.09. The molecule has 0 bridgehead atoms. The lowest BCUT2D eigenvalue weighted by Crippen LogP contribution is -2.20. The van der Waals surface area contributed by atoms with E-state index in [4.69, 9.17) is 0 Å². The van der Waals surface area contributed by atoms with E-state index in [9.17, 15) is 0 Å². The molecule has 0 saturated heterocycles. The molecule has 2 rings (SSSR count). The second-order valence-corrected chi connectivity index (χ2v) is 6.08. The molecule has 2 N–H and O–H groups in total. The van der Waals surface area contributed by atoms with Crippen molar-refractivity contribution in [2.75, 3.05) is 37.8 Å². The minimum Gasteiger partial charge on any atom is -0.366 e. The number of rotatable bonds is 7. The van der Waals surface area contributed by atoms with E-state index >= 15 is 0 Å². The normalized spacial score (nSPS) is 16.7. The first kappa shape index (κ1) is 15.9. The van der Waals surface area contributed by atoms with Gasteiger partial charge in [0.2, 0.25) is 5.95 Å². The Hall–Kier alpha value is -1.43. The van der Waals surface area contributed by atoms with E-state index in [-0.39, 0.29) is 0 Å². The number of nitrogens with zero attached hydrogens (tertiary/aromatic N) is 4. The summed E-state index contributed by atoms with van der Waals surface area (Å²) >= 11 is 0. The van der Waals surface area contributed by atoms with Crippen LogP contribution in [-0.2, 0) is 0 Å². The summed E-state index contributed by atoms with van der Waals surface area (Å²) in [6.45, 7) is 1.92. The van der Waals surface area contributed by atoms with Crippen LogP contribution in [-0.4, -0.2) is 53.3 Å².